The lowest BCUT2D eigenvalue weighted by Gasteiger charge is -2.14. The van der Waals surface area contributed by atoms with Gasteiger partial charge in [0.25, 0.3) is 5.56 Å². The van der Waals surface area contributed by atoms with E-state index in [1.165, 1.54) is 17.4 Å². The van der Waals surface area contributed by atoms with Gasteiger partial charge in [-0.1, -0.05) is 19.4 Å². The first-order chi connectivity index (χ1) is 17.5. The second kappa shape index (κ2) is 13.6. The second-order valence-corrected chi connectivity index (χ2v) is 9.54. The summed E-state index contributed by atoms with van der Waals surface area (Å²) in [5.74, 6) is -0.776. The van der Waals surface area contributed by atoms with E-state index in [-0.39, 0.29) is 23.6 Å². The molecule has 2 heterocycles. The summed E-state index contributed by atoms with van der Waals surface area (Å²) in [4.78, 5) is 40.0. The quantitative estimate of drug-likeness (QED) is 0.445. The number of unbranched alkanes of at least 4 members (excludes halogenated alkanes) is 1. The highest BCUT2D eigenvalue weighted by Gasteiger charge is 2.17. The maximum Gasteiger partial charge on any atom is 0.351 e. The molecule has 1 saturated heterocycles. The zero-order valence-electron chi connectivity index (χ0n) is 20.8. The lowest BCUT2D eigenvalue weighted by Crippen LogP contribution is -2.33. The van der Waals surface area contributed by atoms with E-state index in [4.69, 9.17) is 4.74 Å². The molecule has 0 aliphatic carbocycles. The third kappa shape index (κ3) is 7.29. The Bertz CT molecular complexity index is 1280. The molecule has 2 N–H and O–H groups in total. The largest absolute Gasteiger partial charge is 0.462 e. The number of hydrogen-bond acceptors (Lipinski definition) is 8. The second-order valence-electron chi connectivity index (χ2n) is 8.51. The molecule has 0 spiro atoms. The van der Waals surface area contributed by atoms with Crippen molar-refractivity contribution in [2.75, 3.05) is 36.9 Å². The number of benzene rings is 1. The number of amides is 1. The minimum Gasteiger partial charge on any atom is -0.462 e. The number of nitriles is 1. The summed E-state index contributed by atoms with van der Waals surface area (Å²) in [5.41, 5.74) is 0.902. The molecule has 1 aliphatic heterocycles. The topological polar surface area (TPSA) is 116 Å². The van der Waals surface area contributed by atoms with Gasteiger partial charge in [0.1, 0.15) is 15.3 Å². The number of hydrogen-bond donors (Lipinski definition) is 2. The fraction of sp³-hybridized carbons (Fsp3) is 0.462. The Morgan fingerprint density at radius 2 is 1.94 bits per heavy atom. The highest BCUT2D eigenvalue weighted by atomic mass is 32.1. The van der Waals surface area contributed by atoms with Gasteiger partial charge in [0.05, 0.1) is 6.61 Å². The van der Waals surface area contributed by atoms with Crippen molar-refractivity contribution in [1.82, 2.24) is 9.47 Å². The zero-order chi connectivity index (χ0) is 25.9. The fourth-order valence-electron chi connectivity index (χ4n) is 3.93. The maximum absolute atomic E-state index is 13.1. The Kier molecular flexibility index (Phi) is 10.3. The minimum atomic E-state index is -0.737. The summed E-state index contributed by atoms with van der Waals surface area (Å²) in [7, 11) is 0. The molecule has 1 aliphatic rings. The van der Waals surface area contributed by atoms with Crippen molar-refractivity contribution in [2.45, 2.75) is 52.5 Å². The smallest absolute Gasteiger partial charge is 0.351 e. The zero-order valence-corrected chi connectivity index (χ0v) is 21.7. The third-order valence-corrected chi connectivity index (χ3v) is 6.95. The number of esters is 1. The van der Waals surface area contributed by atoms with Crippen LogP contribution in [0.1, 0.15) is 46.0 Å². The molecule has 3 rings (SSSR count). The van der Waals surface area contributed by atoms with E-state index < -0.39 is 5.97 Å². The van der Waals surface area contributed by atoms with E-state index >= 15 is 0 Å². The van der Waals surface area contributed by atoms with Crippen LogP contribution in [0.25, 0.3) is 11.8 Å². The summed E-state index contributed by atoms with van der Waals surface area (Å²) >= 11 is 1.07. The van der Waals surface area contributed by atoms with Crippen LogP contribution in [-0.4, -0.2) is 47.6 Å². The van der Waals surface area contributed by atoms with Gasteiger partial charge in [-0.05, 0) is 57.5 Å². The summed E-state index contributed by atoms with van der Waals surface area (Å²) in [6.07, 6.45) is 5.99. The van der Waals surface area contributed by atoms with Crippen molar-refractivity contribution in [3.63, 3.8) is 0 Å². The van der Waals surface area contributed by atoms with Gasteiger partial charge >= 0.3 is 5.97 Å². The third-order valence-electron chi connectivity index (χ3n) is 5.82. The van der Waals surface area contributed by atoms with E-state index in [0.717, 1.165) is 43.8 Å². The van der Waals surface area contributed by atoms with Crippen LogP contribution in [0.5, 0.6) is 0 Å². The monoisotopic (exact) mass is 511 g/mol. The Labute approximate surface area is 214 Å². The van der Waals surface area contributed by atoms with E-state index in [1.807, 2.05) is 31.2 Å². The molecular formula is C26H33N5O4S. The van der Waals surface area contributed by atoms with Gasteiger partial charge in [-0.3, -0.25) is 14.2 Å². The molecule has 10 heteroatoms. The molecular weight excluding hydrogens is 478 g/mol. The van der Waals surface area contributed by atoms with Crippen LogP contribution >= 0.6 is 11.3 Å². The molecule has 0 bridgehead atoms. The highest BCUT2D eigenvalue weighted by Crippen LogP contribution is 2.16. The number of nitrogens with one attached hydrogen (secondary N) is 2. The molecule has 192 valence electrons. The summed E-state index contributed by atoms with van der Waals surface area (Å²) in [6, 6.07) is 9.15. The number of nitrogens with zero attached hydrogens (tertiary/aromatic N) is 3. The molecule has 0 atom stereocenters. The van der Waals surface area contributed by atoms with Crippen molar-refractivity contribution in [3.05, 3.63) is 43.8 Å². The fourth-order valence-corrected chi connectivity index (χ4v) is 4.97. The normalized spacial score (nSPS) is 14.9. The molecule has 0 saturated carbocycles. The van der Waals surface area contributed by atoms with Gasteiger partial charge in [0.2, 0.25) is 5.91 Å². The number of thiazole rings is 1. The summed E-state index contributed by atoms with van der Waals surface area (Å²) in [6.45, 7) is 7.08. The molecule has 1 aromatic heterocycles. The van der Waals surface area contributed by atoms with Crippen LogP contribution in [0.2, 0.25) is 0 Å². The summed E-state index contributed by atoms with van der Waals surface area (Å²) in [5, 5.41) is 15.6. The number of carbonyl (C=O) groups excluding carboxylic acids is 2. The Morgan fingerprint density at radius 3 is 2.64 bits per heavy atom. The van der Waals surface area contributed by atoms with Crippen LogP contribution in [0.15, 0.2) is 29.1 Å². The number of ether oxygens (including phenoxy) is 1. The minimum absolute atomic E-state index is 0.0386. The molecule has 2 aromatic rings. The summed E-state index contributed by atoms with van der Waals surface area (Å²) < 4.78 is 7.13. The Balaban J connectivity index is 1.81. The predicted molar refractivity (Wildman–Crippen MR) is 142 cm³/mol. The van der Waals surface area contributed by atoms with Crippen LogP contribution in [0, 0.1) is 11.3 Å². The number of aromatic nitrogens is 1. The first kappa shape index (κ1) is 27.2. The van der Waals surface area contributed by atoms with E-state index in [0.29, 0.717) is 33.5 Å². The molecule has 9 nitrogen and oxygen atoms in total. The van der Waals surface area contributed by atoms with Gasteiger partial charge < -0.3 is 20.3 Å². The van der Waals surface area contributed by atoms with Crippen molar-refractivity contribution in [1.29, 1.82) is 5.26 Å². The van der Waals surface area contributed by atoms with Crippen LogP contribution < -0.4 is 25.4 Å². The molecule has 36 heavy (non-hydrogen) atoms. The van der Waals surface area contributed by atoms with Crippen LogP contribution in [0.3, 0.4) is 0 Å². The van der Waals surface area contributed by atoms with Gasteiger partial charge in [0.15, 0.2) is 5.57 Å². The SMILES string of the molecule is CCCCn1c(=O)/c(=C\Nc2cccc(NC(=O)CCN3CCCC3)c2)s/c1=C(/C#N)C(=O)OCC. The number of carbonyl (C=O) groups is 2. The Hall–Kier alpha value is -3.42. The van der Waals surface area contributed by atoms with E-state index in [1.54, 1.807) is 19.2 Å². The number of anilines is 2. The van der Waals surface area contributed by atoms with Crippen molar-refractivity contribution >= 4 is 46.4 Å². The maximum atomic E-state index is 13.1. The van der Waals surface area contributed by atoms with Gasteiger partial charge in [-0.2, -0.15) is 5.26 Å². The van der Waals surface area contributed by atoms with Gasteiger partial charge in [-0.25, -0.2) is 4.79 Å². The first-order valence-electron chi connectivity index (χ1n) is 12.4. The number of likely N-dealkylation sites (tertiary alicyclic amines) is 1. The average Bonchev–Trinajstić information content (AvgIpc) is 3.49. The Morgan fingerprint density at radius 1 is 1.19 bits per heavy atom. The lowest BCUT2D eigenvalue weighted by atomic mass is 10.2. The molecule has 1 amide bonds. The van der Waals surface area contributed by atoms with Crippen molar-refractivity contribution < 1.29 is 14.3 Å². The van der Waals surface area contributed by atoms with Crippen LogP contribution in [0.4, 0.5) is 11.4 Å². The molecule has 0 unspecified atom stereocenters. The molecule has 0 radical (unpaired) electrons. The number of rotatable bonds is 11. The molecule has 1 fully saturated rings. The standard InChI is InChI=1S/C26H33N5O4S/c1-3-5-14-31-24(33)22(36-25(31)21(17-27)26(34)35-4-2)18-28-19-9-8-10-20(16-19)29-23(32)11-15-30-12-6-7-13-30/h8-10,16,18,28H,3-7,11-15H2,1-2H3,(H,29,32)/b22-18+,25-21-. The van der Waals surface area contributed by atoms with Crippen molar-refractivity contribution in [3.8, 4) is 6.07 Å². The molecule has 1 aromatic carbocycles. The van der Waals surface area contributed by atoms with Crippen LogP contribution in [-0.2, 0) is 20.9 Å². The van der Waals surface area contributed by atoms with E-state index in [2.05, 4.69) is 15.5 Å². The van der Waals surface area contributed by atoms with Gasteiger partial charge in [0, 0.05) is 37.1 Å². The average molecular weight is 512 g/mol. The van der Waals surface area contributed by atoms with Gasteiger partial charge in [-0.15, -0.1) is 11.3 Å². The highest BCUT2D eigenvalue weighted by molar-refractivity contribution is 7.07. The van der Waals surface area contributed by atoms with E-state index in [9.17, 15) is 19.6 Å². The first-order valence-corrected chi connectivity index (χ1v) is 13.2. The predicted octanol–water partition coefficient (Wildman–Crippen LogP) is 2.22. The van der Waals surface area contributed by atoms with Crippen molar-refractivity contribution in [2.24, 2.45) is 0 Å². The lowest BCUT2D eigenvalue weighted by molar-refractivity contribution is -0.136.